The summed E-state index contributed by atoms with van der Waals surface area (Å²) in [5.41, 5.74) is 4.82. The zero-order valence-electron chi connectivity index (χ0n) is 9.63. The second kappa shape index (κ2) is 7.11. The number of hydrogen-bond acceptors (Lipinski definition) is 0. The van der Waals surface area contributed by atoms with Gasteiger partial charge < -0.3 is 9.41 Å². The molecule has 0 amide bonds. The van der Waals surface area contributed by atoms with Crippen molar-refractivity contribution in [2.45, 2.75) is 28.0 Å². The van der Waals surface area contributed by atoms with Gasteiger partial charge in [0.15, 0.2) is 0 Å². The van der Waals surface area contributed by atoms with Gasteiger partial charge in [0.2, 0.25) is 0 Å². The van der Waals surface area contributed by atoms with Gasteiger partial charge >= 0.3 is 98.3 Å². The van der Waals surface area contributed by atoms with Crippen LogP contribution in [0.1, 0.15) is 34.5 Å². The Balaban J connectivity index is 0.00000112. The molecule has 0 aromatic heterocycles. The Labute approximate surface area is 107 Å². The molecule has 1 aliphatic rings. The van der Waals surface area contributed by atoms with E-state index in [0.29, 0.717) is 0 Å². The smallest absolute Gasteiger partial charge is 1.00 e. The minimum absolute atomic E-state index is 0. The van der Waals surface area contributed by atoms with Crippen molar-refractivity contribution >= 4 is 6.08 Å². The van der Waals surface area contributed by atoms with E-state index in [1.54, 1.807) is 11.1 Å². The Kier molecular flexibility index (Phi) is 6.98. The number of rotatable bonds is 3. The van der Waals surface area contributed by atoms with Crippen LogP contribution in [0.5, 0.6) is 0 Å². The van der Waals surface area contributed by atoms with Crippen LogP contribution in [0.2, 0.25) is 4.63 Å². The maximum absolute atomic E-state index is 2.46. The number of hydrogen-bond donors (Lipinski definition) is 0. The summed E-state index contributed by atoms with van der Waals surface area (Å²) in [6.07, 6.45) is 5.03. The first-order chi connectivity index (χ1) is 6.86. The van der Waals surface area contributed by atoms with E-state index in [9.17, 15) is 0 Å². The Hall–Kier alpha value is -0.297. The standard InChI is InChI=1S/C12H13.CH3.2FH.Zr/c1-2-5-10-8-11-6-3-4-7-12(11)9-10;;;;/h3-4,6-9H,2,5H2,1H3;1H3;2*1H;/q;;;;+2/p-2. The first kappa shape index (κ1) is 15.7. The molecule has 1 aliphatic carbocycles. The second-order valence-corrected chi connectivity index (χ2v) is 6.66. The van der Waals surface area contributed by atoms with E-state index in [4.69, 9.17) is 0 Å². The third-order valence-corrected chi connectivity index (χ3v) is 5.94. The maximum Gasteiger partial charge on any atom is -1.00 e. The summed E-state index contributed by atoms with van der Waals surface area (Å²) in [5.74, 6) is 0. The molecular weight excluding hydrogens is 285 g/mol. The SMILES string of the molecule is CCCC1=Cc2ccccc2[CH]1[Zr+2][CH3].[F-].[F-]. The summed E-state index contributed by atoms with van der Waals surface area (Å²) in [4.78, 5) is 0. The van der Waals surface area contributed by atoms with E-state index in [1.807, 2.05) is 0 Å². The predicted molar refractivity (Wildman–Crippen MR) is 57.9 cm³/mol. The molecule has 0 saturated heterocycles. The van der Waals surface area contributed by atoms with Gasteiger partial charge in [-0.15, -0.1) is 0 Å². The first-order valence-corrected chi connectivity index (χ1v) is 9.21. The number of allylic oxidation sites excluding steroid dienone is 1. The van der Waals surface area contributed by atoms with Crippen LogP contribution < -0.4 is 9.41 Å². The van der Waals surface area contributed by atoms with E-state index in [-0.39, 0.29) is 32.6 Å². The number of fused-ring (bicyclic) bond motifs is 1. The fraction of sp³-hybridized carbons (Fsp3) is 0.385. The van der Waals surface area contributed by atoms with Gasteiger partial charge in [-0.25, -0.2) is 0 Å². The predicted octanol–water partition coefficient (Wildman–Crippen LogP) is -1.94. The van der Waals surface area contributed by atoms with Crippen molar-refractivity contribution in [2.75, 3.05) is 0 Å². The molecule has 86 valence electrons. The topological polar surface area (TPSA) is 0 Å². The summed E-state index contributed by atoms with van der Waals surface area (Å²) < 4.78 is 3.33. The normalized spacial score (nSPS) is 16.4. The molecule has 2 rings (SSSR count). The first-order valence-electron chi connectivity index (χ1n) is 5.33. The average molecular weight is 301 g/mol. The third kappa shape index (κ3) is 2.88. The Morgan fingerprint density at radius 2 is 1.88 bits per heavy atom. The summed E-state index contributed by atoms with van der Waals surface area (Å²) in [6, 6.07) is 8.93. The summed E-state index contributed by atoms with van der Waals surface area (Å²) in [6.45, 7) is 2.28. The molecule has 3 heteroatoms. The molecule has 0 heterocycles. The number of halogens is 2. The van der Waals surface area contributed by atoms with Crippen LogP contribution >= 0.6 is 0 Å². The van der Waals surface area contributed by atoms with Crippen molar-refractivity contribution in [3.05, 3.63) is 41.0 Å². The average Bonchev–Trinajstić information content (AvgIpc) is 2.55. The molecule has 1 unspecified atom stereocenters. The van der Waals surface area contributed by atoms with Gasteiger partial charge in [-0.1, -0.05) is 0 Å². The van der Waals surface area contributed by atoms with Gasteiger partial charge in [-0.2, -0.15) is 0 Å². The molecule has 0 spiro atoms. The molecule has 0 aliphatic heterocycles. The minimum atomic E-state index is -0.222. The van der Waals surface area contributed by atoms with Gasteiger partial charge in [0.05, 0.1) is 0 Å². The van der Waals surface area contributed by atoms with Crippen molar-refractivity contribution in [1.29, 1.82) is 0 Å². The molecule has 0 radical (unpaired) electrons. The zero-order chi connectivity index (χ0) is 9.97. The van der Waals surface area contributed by atoms with E-state index >= 15 is 0 Å². The van der Waals surface area contributed by atoms with Gasteiger partial charge in [0.25, 0.3) is 0 Å². The van der Waals surface area contributed by atoms with E-state index < -0.39 is 0 Å². The molecule has 1 aromatic carbocycles. The minimum Gasteiger partial charge on any atom is -1.00 e. The second-order valence-electron chi connectivity index (χ2n) is 3.82. The molecule has 0 fully saturated rings. The molecule has 0 saturated carbocycles. The largest absolute Gasteiger partial charge is 1.00 e. The summed E-state index contributed by atoms with van der Waals surface area (Å²) in [5, 5.41) is 0. The zero-order valence-corrected chi connectivity index (χ0v) is 12.1. The van der Waals surface area contributed by atoms with Crippen LogP contribution in [0.25, 0.3) is 6.08 Å². The van der Waals surface area contributed by atoms with Crippen LogP contribution in [0.15, 0.2) is 29.8 Å². The van der Waals surface area contributed by atoms with Gasteiger partial charge in [-0.3, -0.25) is 0 Å². The quantitative estimate of drug-likeness (QED) is 0.610. The van der Waals surface area contributed by atoms with Crippen LogP contribution in [0, 0.1) is 0 Å². The van der Waals surface area contributed by atoms with Gasteiger partial charge in [0.1, 0.15) is 0 Å². The van der Waals surface area contributed by atoms with Crippen molar-refractivity contribution < 1.29 is 32.6 Å². The van der Waals surface area contributed by atoms with E-state index in [0.717, 1.165) is 3.63 Å². The summed E-state index contributed by atoms with van der Waals surface area (Å²) >= 11 is -0.222. The van der Waals surface area contributed by atoms with Crippen LogP contribution in [-0.4, -0.2) is 0 Å². The summed E-state index contributed by atoms with van der Waals surface area (Å²) in [7, 11) is 0. The number of benzene rings is 1. The molecule has 1 atom stereocenters. The van der Waals surface area contributed by atoms with Crippen molar-refractivity contribution in [1.82, 2.24) is 0 Å². The Morgan fingerprint density at radius 3 is 2.50 bits per heavy atom. The van der Waals surface area contributed by atoms with Crippen molar-refractivity contribution in [3.8, 4) is 0 Å². The molecule has 0 bridgehead atoms. The molecule has 0 nitrogen and oxygen atoms in total. The molecule has 0 N–H and O–H groups in total. The van der Waals surface area contributed by atoms with Gasteiger partial charge in [-0.05, 0) is 0 Å². The fourth-order valence-corrected chi connectivity index (χ4v) is 5.12. The van der Waals surface area contributed by atoms with Crippen LogP contribution in [0.3, 0.4) is 0 Å². The maximum atomic E-state index is 2.46. The van der Waals surface area contributed by atoms with Crippen molar-refractivity contribution in [2.24, 2.45) is 0 Å². The molecule has 1 aromatic rings. The molecular formula is C13H16F2Zr. The molecule has 16 heavy (non-hydrogen) atoms. The van der Waals surface area contributed by atoms with E-state index in [1.165, 1.54) is 18.4 Å². The van der Waals surface area contributed by atoms with Crippen LogP contribution in [0.4, 0.5) is 0 Å². The van der Waals surface area contributed by atoms with Gasteiger partial charge in [0, 0.05) is 0 Å². The third-order valence-electron chi connectivity index (χ3n) is 2.85. The van der Waals surface area contributed by atoms with Crippen molar-refractivity contribution in [3.63, 3.8) is 0 Å². The Morgan fingerprint density at radius 1 is 1.19 bits per heavy atom. The fourth-order valence-electron chi connectivity index (χ4n) is 2.23. The Bertz CT molecular complexity index is 361. The monoisotopic (exact) mass is 300 g/mol. The van der Waals surface area contributed by atoms with E-state index in [2.05, 4.69) is 41.9 Å². The van der Waals surface area contributed by atoms with Crippen LogP contribution in [-0.2, 0) is 23.2 Å².